The minimum absolute atomic E-state index is 0.0357. The van der Waals surface area contributed by atoms with Crippen molar-refractivity contribution >= 4 is 104 Å². The Labute approximate surface area is 608 Å². The molecule has 3 unspecified atom stereocenters. The fraction of sp³-hybridized carbons (Fsp3) is 0.487. The van der Waals surface area contributed by atoms with Crippen molar-refractivity contribution < 1.29 is 82.3 Å². The Morgan fingerprint density at radius 3 is 1.60 bits per heavy atom. The summed E-state index contributed by atoms with van der Waals surface area (Å²) in [6.45, 7) is 12.0. The van der Waals surface area contributed by atoms with E-state index in [0.717, 1.165) is 109 Å². The van der Waals surface area contributed by atoms with Crippen LogP contribution < -0.4 is 40.1 Å². The maximum Gasteiger partial charge on any atom is 0.415 e. The molecule has 3 aliphatic heterocycles. The number of aliphatic carboxylic acids is 1. The number of nitrogens with two attached hydrogens (primary N) is 2. The van der Waals surface area contributed by atoms with Crippen molar-refractivity contribution in [3.05, 3.63) is 118 Å². The van der Waals surface area contributed by atoms with E-state index in [1.807, 2.05) is 89.5 Å². The molecule has 26 heteroatoms. The van der Waals surface area contributed by atoms with Crippen molar-refractivity contribution in [1.82, 2.24) is 19.6 Å². The molecule has 6 aromatic rings. The zero-order valence-corrected chi connectivity index (χ0v) is 61.4. The van der Waals surface area contributed by atoms with E-state index in [9.17, 15) is 38.0 Å². The molecule has 0 spiro atoms. The van der Waals surface area contributed by atoms with Gasteiger partial charge < -0.3 is 74.1 Å². The number of nitrogen functional groups attached to an aromatic ring is 2. The number of carbonyl (C=O) groups is 7. The number of likely N-dealkylation sites (N-methyl/N-ethyl adjacent to an activating group) is 2. The molecule has 102 heavy (non-hydrogen) atoms. The average Bonchev–Trinajstić information content (AvgIpc) is 1.62. The Morgan fingerprint density at radius 1 is 0.588 bits per heavy atom. The largest absolute Gasteiger partial charge is 0.496 e. The first-order valence-electron chi connectivity index (χ1n) is 34.9. The number of esters is 2. The van der Waals surface area contributed by atoms with Gasteiger partial charge in [0.2, 0.25) is 0 Å². The molecule has 0 bridgehead atoms. The van der Waals surface area contributed by atoms with Gasteiger partial charge in [-0.1, -0.05) is 61.4 Å². The molecule has 3 atom stereocenters. The molecule has 0 saturated carbocycles. The summed E-state index contributed by atoms with van der Waals surface area (Å²) in [6.07, 6.45) is 6.50. The highest BCUT2D eigenvalue weighted by Gasteiger charge is 2.39. The molecule has 4 aliphatic rings. The molecule has 554 valence electrons. The second-order valence-corrected chi connectivity index (χ2v) is 27.0. The number of carboxylic acids is 1. The highest BCUT2D eigenvalue weighted by molar-refractivity contribution is 6.19. The Balaban J connectivity index is 0.000000226. The number of hydrogen-bond donors (Lipinski definition) is 3. The standard InChI is InChI=1S/C35H42ClN3O7.C24H30ClN3O4.C16H23NO5.CH3F/c1-38-12-14-39(15-13-38)35(42)46-30-18-26-25(17-22(21-36)33(26)24-10-7-6-9-23(24)30)29(40)11-5-4-8-16-45-32-20-28(37)27(34(41)44-3)19-31(32)43-2;1-24(2,3)32-23(30)28-15-16(14-25)21-18-8-6-5-7-17(18)20(13-19(21)28)31-22(29)27-11-9-26(4)10-12-27;1-21-14-10-12(16(20)22-2)13(17)9-11(14)7-5-3-4-6-8-15(18)19;1-2/h6-7,9-10,18-20,22,25H,4-5,8,11-17,21,37H2,1-3H3;5-8,13,16H,9-12,14-15H2,1-4H3;9-10H,3-8,17H2,1-2H3,(H,18,19);1H3/i;;;1D. The number of alkyl halides is 3. The lowest BCUT2D eigenvalue weighted by Gasteiger charge is -2.31. The van der Waals surface area contributed by atoms with Crippen LogP contribution in [0.4, 0.5) is 35.8 Å². The van der Waals surface area contributed by atoms with Gasteiger partial charge in [0.1, 0.15) is 28.6 Å². The van der Waals surface area contributed by atoms with Gasteiger partial charge in [-0.3, -0.25) is 18.9 Å². The number of aryl methyl sites for hydroxylation is 1. The minimum Gasteiger partial charge on any atom is -0.496 e. The molecular weight excluding hydrogens is 1360 g/mol. The minimum atomic E-state index is -1.00. The summed E-state index contributed by atoms with van der Waals surface area (Å²) in [6, 6.07) is 25.7. The van der Waals surface area contributed by atoms with Crippen LogP contribution >= 0.6 is 23.2 Å². The predicted molar refractivity (Wildman–Crippen MR) is 394 cm³/mol. The number of ketones is 1. The van der Waals surface area contributed by atoms with Crippen LogP contribution in [0.5, 0.6) is 28.7 Å². The van der Waals surface area contributed by atoms with Crippen LogP contribution in [0.15, 0.2) is 84.9 Å². The summed E-state index contributed by atoms with van der Waals surface area (Å²) in [4.78, 5) is 96.0. The normalized spacial score (nSPS) is 16.5. The van der Waals surface area contributed by atoms with E-state index >= 15 is 0 Å². The average molecular weight is 1460 g/mol. The van der Waals surface area contributed by atoms with Crippen molar-refractivity contribution in [3.63, 3.8) is 0 Å². The number of benzene rings is 6. The number of fused-ring (bicyclic) bond motifs is 6. The van der Waals surface area contributed by atoms with Gasteiger partial charge in [0.25, 0.3) is 0 Å². The Morgan fingerprint density at radius 2 is 1.08 bits per heavy atom. The highest BCUT2D eigenvalue weighted by Crippen LogP contribution is 2.50. The fourth-order valence-corrected chi connectivity index (χ4v) is 13.5. The predicted octanol–water partition coefficient (Wildman–Crippen LogP) is 13.9. The SMILES string of the molecule is CN1CCN(C(=O)Oc2cc3c(c4ccccc24)C(CCl)CN3C(=O)OC(C)(C)C)CC1.COC(=O)c1cc(OC)c(CCCCCCC(=O)O)cc1N.COC(=O)c1cc(OC)c(OCCCCCC(=O)C2CC(CCl)c3c2cc(OC(=O)N2CCN(C)CC2)c2ccccc32)cc1N.[2H]CF. The van der Waals surface area contributed by atoms with Gasteiger partial charge in [0.05, 0.1) is 66.1 Å². The first kappa shape index (κ1) is 78.9. The van der Waals surface area contributed by atoms with Crippen LogP contribution in [0.2, 0.25) is 0 Å². The van der Waals surface area contributed by atoms with E-state index in [1.54, 1.807) is 46.1 Å². The topological polar surface area (TPSA) is 282 Å². The number of carboxylic acid groups (broad SMARTS) is 1. The van der Waals surface area contributed by atoms with Crippen LogP contribution in [-0.4, -0.2) is 199 Å². The third-order valence-electron chi connectivity index (χ3n) is 18.3. The van der Waals surface area contributed by atoms with Gasteiger partial charge in [-0.25, -0.2) is 24.0 Å². The number of amides is 3. The lowest BCUT2D eigenvalue weighted by atomic mass is 9.91. The molecule has 0 aromatic heterocycles. The van der Waals surface area contributed by atoms with E-state index in [-0.39, 0.29) is 53.4 Å². The molecule has 2 fully saturated rings. The molecule has 6 aromatic carbocycles. The summed E-state index contributed by atoms with van der Waals surface area (Å²) < 4.78 is 59.0. The summed E-state index contributed by atoms with van der Waals surface area (Å²) in [5, 5.41) is 12.2. The molecule has 2 saturated heterocycles. The molecule has 0 radical (unpaired) electrons. The van der Waals surface area contributed by atoms with Crippen molar-refractivity contribution in [3.8, 4) is 28.7 Å². The number of ether oxygens (including phenoxy) is 8. The number of carbonyl (C=O) groups excluding carboxylic acids is 6. The number of Topliss-reactive ketones (excluding diaryl/α,β-unsaturated/α-hetero) is 1. The van der Waals surface area contributed by atoms with Gasteiger partial charge in [0, 0.05) is 130 Å². The van der Waals surface area contributed by atoms with E-state index in [4.69, 9.17) is 74.3 Å². The number of methoxy groups -OCH3 is 4. The summed E-state index contributed by atoms with van der Waals surface area (Å²) in [5.41, 5.74) is 17.0. The van der Waals surface area contributed by atoms with Gasteiger partial charge in [-0.15, -0.1) is 23.2 Å². The molecule has 3 heterocycles. The third-order valence-corrected chi connectivity index (χ3v) is 19.1. The van der Waals surface area contributed by atoms with Crippen LogP contribution in [0, 0.1) is 0 Å². The lowest BCUT2D eigenvalue weighted by molar-refractivity contribution is -0.137. The molecule has 5 N–H and O–H groups in total. The van der Waals surface area contributed by atoms with Crippen LogP contribution in [0.3, 0.4) is 0 Å². The van der Waals surface area contributed by atoms with Gasteiger partial charge in [-0.2, -0.15) is 0 Å². The van der Waals surface area contributed by atoms with E-state index in [2.05, 4.69) is 14.5 Å². The van der Waals surface area contributed by atoms with E-state index in [1.165, 1.54) is 27.4 Å². The first-order chi connectivity index (χ1) is 49.3. The van der Waals surface area contributed by atoms with E-state index in [0.29, 0.717) is 122 Å². The molecule has 10 rings (SSSR count). The number of hydrogen-bond acceptors (Lipinski definition) is 19. The maximum absolute atomic E-state index is 13.6. The molecular formula is C76H98Cl2FN7O16. The van der Waals surface area contributed by atoms with Gasteiger partial charge in [-0.05, 0) is 137 Å². The third kappa shape index (κ3) is 20.9. The summed E-state index contributed by atoms with van der Waals surface area (Å²) in [5.74, 6) is 1.21. The molecule has 23 nitrogen and oxygen atoms in total. The van der Waals surface area contributed by atoms with Gasteiger partial charge in [0.15, 0.2) is 11.5 Å². The number of unbranched alkanes of at least 4 members (excludes halogenated alkanes) is 5. The maximum atomic E-state index is 13.6. The second-order valence-electron chi connectivity index (χ2n) is 26.4. The summed E-state index contributed by atoms with van der Waals surface area (Å²) >= 11 is 12.8. The molecule has 3 amide bonds. The van der Waals surface area contributed by atoms with Gasteiger partial charge >= 0.3 is 36.2 Å². The summed E-state index contributed by atoms with van der Waals surface area (Å²) in [7, 11) is 8.71. The zero-order chi connectivity index (χ0) is 75.1. The number of anilines is 3. The fourth-order valence-electron chi connectivity index (χ4n) is 12.9. The lowest BCUT2D eigenvalue weighted by Crippen LogP contribution is -2.48. The van der Waals surface area contributed by atoms with Crippen LogP contribution in [0.25, 0.3) is 21.5 Å². The number of piperazine rings is 2. The molecule has 1 aliphatic carbocycles. The number of nitrogens with zero attached hydrogens (tertiary/aromatic N) is 5. The monoisotopic (exact) mass is 1450 g/mol. The van der Waals surface area contributed by atoms with Crippen molar-refractivity contribution in [2.75, 3.05) is 143 Å². The van der Waals surface area contributed by atoms with Crippen molar-refractivity contribution in [2.24, 2.45) is 0 Å². The van der Waals surface area contributed by atoms with E-state index < -0.39 is 36.8 Å². The highest BCUT2D eigenvalue weighted by atomic mass is 35.5. The zero-order valence-electron chi connectivity index (χ0n) is 60.9. The Kier molecular flexibility index (Phi) is 29.7. The quantitative estimate of drug-likeness (QED) is 0.0177. The van der Waals surface area contributed by atoms with Crippen LogP contribution in [0.1, 0.15) is 147 Å². The van der Waals surface area contributed by atoms with Crippen molar-refractivity contribution in [2.45, 2.75) is 115 Å². The smallest absolute Gasteiger partial charge is 0.415 e. The number of rotatable bonds is 23. The Hall–Kier alpha value is -8.84. The Bertz CT molecular complexity index is 3920. The first-order valence-corrected chi connectivity index (χ1v) is 35.3. The second kappa shape index (κ2) is 38.4. The number of halogens is 3. The van der Waals surface area contributed by atoms with Crippen molar-refractivity contribution in [1.29, 1.82) is 0 Å². The van der Waals surface area contributed by atoms with Crippen LogP contribution in [-0.2, 0) is 30.2 Å².